The van der Waals surface area contributed by atoms with Crippen molar-refractivity contribution < 1.29 is 20.1 Å². The Morgan fingerprint density at radius 3 is 2.84 bits per heavy atom. The number of β-amino-alcohol motifs (C(OH)–C–C–N with tert-alkyl or cyclic N) is 1. The molecule has 0 saturated carbocycles. The van der Waals surface area contributed by atoms with Crippen LogP contribution in [0.15, 0.2) is 53.1 Å². The summed E-state index contributed by atoms with van der Waals surface area (Å²) >= 11 is 0. The fourth-order valence-corrected chi connectivity index (χ4v) is 4.11. The van der Waals surface area contributed by atoms with E-state index in [2.05, 4.69) is 15.0 Å². The number of aryl methyl sites for hydroxylation is 1. The second-order valence-corrected chi connectivity index (χ2v) is 7.75. The van der Waals surface area contributed by atoms with Crippen molar-refractivity contribution in [3.8, 4) is 11.4 Å². The third-order valence-electron chi connectivity index (χ3n) is 5.70. The number of likely N-dealkylation sites (tertiary alicyclic amines) is 1. The number of aliphatic hydroxyl groups excluding tert-OH is 1. The molecule has 1 fully saturated rings. The van der Waals surface area contributed by atoms with Crippen LogP contribution in [0.5, 0.6) is 0 Å². The number of hydrogen-bond donors (Lipinski definition) is 3. The fourth-order valence-electron chi connectivity index (χ4n) is 4.11. The normalized spacial score (nSPS) is 20.5. The molecule has 4 aromatic rings. The molecule has 1 unspecified atom stereocenters. The molecular formula is C21H22N6O4. The second kappa shape index (κ2) is 7.84. The standard InChI is InChI=1S/C21H22N6O4/c1-25-17-8-3-2-7-16(17)22-19(25)12-26-11-15(28)10-18(26)21-23-20(24-31-21)13-5-4-6-14(9-13)27(29)30/h2-9,15,18,27-29H,10-12H2,1H3/t15-,18+/m1/s1. The topological polar surface area (TPSA) is 128 Å². The Bertz CT molecular complexity index is 1220. The number of imidazole rings is 1. The zero-order valence-electron chi connectivity index (χ0n) is 16.8. The summed E-state index contributed by atoms with van der Waals surface area (Å²) < 4.78 is 7.57. The smallest absolute Gasteiger partial charge is 0.244 e. The Kier molecular flexibility index (Phi) is 5.00. The number of benzene rings is 2. The lowest BCUT2D eigenvalue weighted by Crippen LogP contribution is -2.99. The fraction of sp³-hybridized carbons (Fsp3) is 0.286. The summed E-state index contributed by atoms with van der Waals surface area (Å²) in [5.41, 5.74) is 2.70. The molecular weight excluding hydrogens is 400 g/mol. The largest absolute Gasteiger partial charge is 0.595 e. The van der Waals surface area contributed by atoms with Gasteiger partial charge in [-0.3, -0.25) is 4.90 Å². The summed E-state index contributed by atoms with van der Waals surface area (Å²) in [6, 6.07) is 14.1. The molecule has 0 bridgehead atoms. The van der Waals surface area contributed by atoms with Crippen LogP contribution < -0.4 is 5.23 Å². The number of nitrogens with zero attached hydrogens (tertiary/aromatic N) is 5. The van der Waals surface area contributed by atoms with Gasteiger partial charge in [0.2, 0.25) is 11.7 Å². The number of quaternary nitrogens is 1. The van der Waals surface area contributed by atoms with Crippen molar-refractivity contribution >= 4 is 16.7 Å². The summed E-state index contributed by atoms with van der Waals surface area (Å²) in [5, 5.41) is 33.8. The maximum absolute atomic E-state index is 11.2. The highest BCUT2D eigenvalue weighted by Crippen LogP contribution is 2.34. The van der Waals surface area contributed by atoms with Crippen molar-refractivity contribution in [3.63, 3.8) is 0 Å². The Morgan fingerprint density at radius 2 is 2.03 bits per heavy atom. The van der Waals surface area contributed by atoms with E-state index in [1.54, 1.807) is 12.1 Å². The molecule has 0 radical (unpaired) electrons. The van der Waals surface area contributed by atoms with E-state index in [9.17, 15) is 15.5 Å². The van der Waals surface area contributed by atoms with Crippen molar-refractivity contribution in [1.29, 1.82) is 0 Å². The van der Waals surface area contributed by atoms with Gasteiger partial charge in [0.15, 0.2) is 5.69 Å². The minimum atomic E-state index is -1.02. The number of aromatic nitrogens is 4. The van der Waals surface area contributed by atoms with Gasteiger partial charge in [-0.2, -0.15) is 10.2 Å². The van der Waals surface area contributed by atoms with Crippen LogP contribution in [-0.4, -0.2) is 47.6 Å². The van der Waals surface area contributed by atoms with Crippen molar-refractivity contribution in [2.45, 2.75) is 25.1 Å². The third-order valence-corrected chi connectivity index (χ3v) is 5.70. The molecule has 1 aliphatic rings. The highest BCUT2D eigenvalue weighted by molar-refractivity contribution is 5.75. The minimum Gasteiger partial charge on any atom is -0.595 e. The molecule has 3 heterocycles. The van der Waals surface area contributed by atoms with Gasteiger partial charge in [0.05, 0.1) is 29.7 Å². The molecule has 10 heteroatoms. The molecule has 2 aromatic carbocycles. The summed E-state index contributed by atoms with van der Waals surface area (Å²) in [6.07, 6.45) is -0.0360. The average molecular weight is 422 g/mol. The van der Waals surface area contributed by atoms with Crippen LogP contribution in [0.1, 0.15) is 24.2 Å². The van der Waals surface area contributed by atoms with Crippen LogP contribution in [0.3, 0.4) is 0 Å². The molecule has 3 atom stereocenters. The van der Waals surface area contributed by atoms with Crippen molar-refractivity contribution in [2.75, 3.05) is 6.54 Å². The van der Waals surface area contributed by atoms with Crippen LogP contribution in [0.25, 0.3) is 22.4 Å². The molecule has 0 amide bonds. The molecule has 0 spiro atoms. The third kappa shape index (κ3) is 3.71. The lowest BCUT2D eigenvalue weighted by molar-refractivity contribution is -0.991. The quantitative estimate of drug-likeness (QED) is 0.411. The maximum Gasteiger partial charge on any atom is 0.244 e. The molecule has 3 N–H and O–H groups in total. The summed E-state index contributed by atoms with van der Waals surface area (Å²) in [6.45, 7) is 0.999. The van der Waals surface area contributed by atoms with Crippen LogP contribution in [-0.2, 0) is 13.6 Å². The average Bonchev–Trinajstić information content (AvgIpc) is 3.47. The van der Waals surface area contributed by atoms with Gasteiger partial charge in [-0.15, -0.1) is 0 Å². The number of para-hydroxylation sites is 2. The predicted molar refractivity (Wildman–Crippen MR) is 110 cm³/mol. The van der Waals surface area contributed by atoms with E-state index in [4.69, 9.17) is 9.51 Å². The maximum atomic E-state index is 11.2. The van der Waals surface area contributed by atoms with Gasteiger partial charge >= 0.3 is 0 Å². The summed E-state index contributed by atoms with van der Waals surface area (Å²) in [4.78, 5) is 11.3. The predicted octanol–water partition coefficient (Wildman–Crippen LogP) is 1.33. The zero-order chi connectivity index (χ0) is 21.5. The number of nitrogens with one attached hydrogen (secondary N) is 1. The van der Waals surface area contributed by atoms with E-state index in [0.29, 0.717) is 36.8 Å². The van der Waals surface area contributed by atoms with Gasteiger partial charge in [0.25, 0.3) is 0 Å². The SMILES string of the molecule is Cn1c(CN2C[C@H](O)C[C@H]2c2nc(-c3cccc([NH+]([O-])O)c3)no2)nc2ccccc21. The van der Waals surface area contributed by atoms with Crippen LogP contribution in [0.4, 0.5) is 5.69 Å². The van der Waals surface area contributed by atoms with Crippen molar-refractivity contribution in [1.82, 2.24) is 24.6 Å². The number of aliphatic hydroxyl groups is 1. The monoisotopic (exact) mass is 422 g/mol. The first kappa shape index (κ1) is 19.8. The Labute approximate surface area is 177 Å². The van der Waals surface area contributed by atoms with Crippen molar-refractivity contribution in [3.05, 3.63) is 65.5 Å². The van der Waals surface area contributed by atoms with Gasteiger partial charge in [-0.05, 0) is 18.6 Å². The Hall–Kier alpha value is -3.15. The lowest BCUT2D eigenvalue weighted by Gasteiger charge is -2.20. The number of hydrogen-bond acceptors (Lipinski definition) is 8. The van der Waals surface area contributed by atoms with Crippen LogP contribution in [0, 0.1) is 5.21 Å². The van der Waals surface area contributed by atoms with Crippen LogP contribution in [0.2, 0.25) is 0 Å². The Balaban J connectivity index is 1.41. The lowest BCUT2D eigenvalue weighted by atomic mass is 10.2. The van der Waals surface area contributed by atoms with E-state index >= 15 is 0 Å². The highest BCUT2D eigenvalue weighted by atomic mass is 16.8. The number of fused-ring (bicyclic) bond motifs is 1. The molecule has 160 valence electrons. The first-order valence-corrected chi connectivity index (χ1v) is 9.99. The molecule has 2 aromatic heterocycles. The van der Waals surface area contributed by atoms with E-state index in [0.717, 1.165) is 16.9 Å². The molecule has 1 aliphatic heterocycles. The Morgan fingerprint density at radius 1 is 1.19 bits per heavy atom. The first-order valence-electron chi connectivity index (χ1n) is 9.99. The molecule has 5 rings (SSSR count). The van der Waals surface area contributed by atoms with Crippen molar-refractivity contribution in [2.24, 2.45) is 7.05 Å². The van der Waals surface area contributed by atoms with E-state index in [1.807, 2.05) is 35.9 Å². The first-order chi connectivity index (χ1) is 15.0. The van der Waals surface area contributed by atoms with E-state index in [-0.39, 0.29) is 11.7 Å². The van der Waals surface area contributed by atoms with Gasteiger partial charge < -0.3 is 19.4 Å². The highest BCUT2D eigenvalue weighted by Gasteiger charge is 2.36. The summed E-state index contributed by atoms with van der Waals surface area (Å²) in [5.74, 6) is 1.60. The van der Waals surface area contributed by atoms with Gasteiger partial charge in [0.1, 0.15) is 5.82 Å². The zero-order valence-corrected chi connectivity index (χ0v) is 16.8. The van der Waals surface area contributed by atoms with Gasteiger partial charge in [-0.25, -0.2) is 10.2 Å². The molecule has 31 heavy (non-hydrogen) atoms. The molecule has 1 saturated heterocycles. The summed E-state index contributed by atoms with van der Waals surface area (Å²) in [7, 11) is 1.98. The van der Waals surface area contributed by atoms with Crippen LogP contribution >= 0.6 is 0 Å². The van der Waals surface area contributed by atoms with E-state index in [1.165, 1.54) is 12.1 Å². The minimum absolute atomic E-state index is 0.156. The van der Waals surface area contributed by atoms with E-state index < -0.39 is 11.3 Å². The molecule has 10 nitrogen and oxygen atoms in total. The number of rotatable bonds is 5. The van der Waals surface area contributed by atoms with Gasteiger partial charge in [-0.1, -0.05) is 29.4 Å². The van der Waals surface area contributed by atoms with Gasteiger partial charge in [0, 0.05) is 31.3 Å². The molecule has 0 aliphatic carbocycles. The second-order valence-electron chi connectivity index (χ2n) is 7.75.